The Labute approximate surface area is 188 Å². The van der Waals surface area contributed by atoms with E-state index in [4.69, 9.17) is 0 Å². The zero-order chi connectivity index (χ0) is 21.8. The monoisotopic (exact) mass is 428 g/mol. The summed E-state index contributed by atoms with van der Waals surface area (Å²) in [5, 5.41) is 8.80. The van der Waals surface area contributed by atoms with E-state index in [0.29, 0.717) is 5.91 Å². The van der Waals surface area contributed by atoms with Gasteiger partial charge in [0.25, 0.3) is 0 Å². The van der Waals surface area contributed by atoms with E-state index in [0.717, 1.165) is 69.2 Å². The van der Waals surface area contributed by atoms with Crippen LogP contribution in [-0.4, -0.2) is 65.3 Å². The second kappa shape index (κ2) is 9.34. The molecular formula is C25H28N6O. The first-order valence-electron chi connectivity index (χ1n) is 11.4. The maximum Gasteiger partial charge on any atom is 0.225 e. The van der Waals surface area contributed by atoms with Crippen molar-refractivity contribution in [3.63, 3.8) is 0 Å². The predicted octanol–water partition coefficient (Wildman–Crippen LogP) is 3.10. The van der Waals surface area contributed by atoms with Crippen LogP contribution < -0.4 is 9.80 Å². The number of carbonyl (C=O) groups excluding carboxylic acids is 1. The van der Waals surface area contributed by atoms with Gasteiger partial charge >= 0.3 is 0 Å². The van der Waals surface area contributed by atoms with Crippen LogP contribution in [-0.2, 0) is 4.79 Å². The molecule has 0 radical (unpaired) electrons. The number of para-hydroxylation sites is 1. The summed E-state index contributed by atoms with van der Waals surface area (Å²) in [6.45, 7) is 5.06. The molecule has 0 N–H and O–H groups in total. The summed E-state index contributed by atoms with van der Waals surface area (Å²) in [4.78, 5) is 23.9. The van der Waals surface area contributed by atoms with Gasteiger partial charge in [-0.05, 0) is 49.2 Å². The van der Waals surface area contributed by atoms with Gasteiger partial charge in [0, 0.05) is 68.8 Å². The first-order chi connectivity index (χ1) is 15.8. The number of rotatable bonds is 4. The van der Waals surface area contributed by atoms with Crippen molar-refractivity contribution in [3.05, 3.63) is 67.0 Å². The quantitative estimate of drug-likeness (QED) is 0.636. The first kappa shape index (κ1) is 20.4. The van der Waals surface area contributed by atoms with Crippen LogP contribution >= 0.6 is 0 Å². The van der Waals surface area contributed by atoms with Gasteiger partial charge in [-0.3, -0.25) is 9.78 Å². The van der Waals surface area contributed by atoms with E-state index in [9.17, 15) is 4.79 Å². The van der Waals surface area contributed by atoms with Crippen molar-refractivity contribution in [2.75, 3.05) is 49.1 Å². The average molecular weight is 429 g/mol. The highest BCUT2D eigenvalue weighted by atomic mass is 16.2. The molecule has 1 aromatic carbocycles. The third-order valence-electron chi connectivity index (χ3n) is 6.49. The Bertz CT molecular complexity index is 1010. The Kier molecular flexibility index (Phi) is 5.96. The summed E-state index contributed by atoms with van der Waals surface area (Å²) in [7, 11) is 0. The Balaban J connectivity index is 1.13. The molecule has 7 heteroatoms. The minimum atomic E-state index is 0.108. The van der Waals surface area contributed by atoms with Gasteiger partial charge in [0.2, 0.25) is 5.91 Å². The number of nitrogens with zero attached hydrogens (tertiary/aromatic N) is 6. The van der Waals surface area contributed by atoms with E-state index in [1.807, 2.05) is 30.3 Å². The van der Waals surface area contributed by atoms with Gasteiger partial charge in [-0.2, -0.15) is 0 Å². The van der Waals surface area contributed by atoms with E-state index in [2.05, 4.69) is 54.1 Å². The minimum Gasteiger partial charge on any atom is -0.368 e. The standard InChI is InChI=1S/C25H28N6O/c32-25(31-17-15-29(16-18-31)22-6-2-1-3-7-22)20-10-13-30(14-11-20)24-9-8-23(27-28-24)21-5-4-12-26-19-21/h1-9,12,19-20H,10-11,13-18H2. The van der Waals surface area contributed by atoms with Crippen molar-refractivity contribution in [3.8, 4) is 11.3 Å². The lowest BCUT2D eigenvalue weighted by molar-refractivity contribution is -0.136. The second-order valence-electron chi connectivity index (χ2n) is 8.43. The number of piperazine rings is 1. The summed E-state index contributed by atoms with van der Waals surface area (Å²) in [6, 6.07) is 18.3. The van der Waals surface area contributed by atoms with Gasteiger partial charge < -0.3 is 14.7 Å². The molecule has 1 amide bonds. The second-order valence-corrected chi connectivity index (χ2v) is 8.43. The van der Waals surface area contributed by atoms with Crippen LogP contribution in [0.25, 0.3) is 11.3 Å². The topological polar surface area (TPSA) is 65.5 Å². The van der Waals surface area contributed by atoms with Crippen LogP contribution in [0.15, 0.2) is 67.0 Å². The van der Waals surface area contributed by atoms with Crippen molar-refractivity contribution in [2.24, 2.45) is 5.92 Å². The summed E-state index contributed by atoms with van der Waals surface area (Å²) in [5.74, 6) is 1.30. The molecule has 0 unspecified atom stereocenters. The fourth-order valence-electron chi connectivity index (χ4n) is 4.60. The molecule has 2 aliphatic rings. The molecule has 5 rings (SSSR count). The Morgan fingerprint density at radius 1 is 0.781 bits per heavy atom. The molecule has 2 saturated heterocycles. The van der Waals surface area contributed by atoms with Gasteiger partial charge in [0.1, 0.15) is 0 Å². The summed E-state index contributed by atoms with van der Waals surface area (Å²) >= 11 is 0. The first-order valence-corrected chi connectivity index (χ1v) is 11.4. The Hall–Kier alpha value is -3.48. The lowest BCUT2D eigenvalue weighted by Crippen LogP contribution is -2.51. The molecule has 2 fully saturated rings. The van der Waals surface area contributed by atoms with Crippen molar-refractivity contribution in [1.82, 2.24) is 20.1 Å². The predicted molar refractivity (Wildman–Crippen MR) is 125 cm³/mol. The molecule has 4 heterocycles. The molecule has 0 aliphatic carbocycles. The molecule has 0 bridgehead atoms. The number of pyridine rings is 1. The molecule has 2 aliphatic heterocycles. The number of hydrogen-bond acceptors (Lipinski definition) is 6. The summed E-state index contributed by atoms with van der Waals surface area (Å²) in [5.41, 5.74) is 3.02. The number of amides is 1. The molecule has 7 nitrogen and oxygen atoms in total. The Morgan fingerprint density at radius 2 is 1.56 bits per heavy atom. The van der Waals surface area contributed by atoms with Gasteiger partial charge in [-0.1, -0.05) is 18.2 Å². The fraction of sp³-hybridized carbons (Fsp3) is 0.360. The van der Waals surface area contributed by atoms with Crippen molar-refractivity contribution >= 4 is 17.4 Å². The van der Waals surface area contributed by atoms with Crippen LogP contribution in [0, 0.1) is 5.92 Å². The molecular weight excluding hydrogens is 400 g/mol. The van der Waals surface area contributed by atoms with E-state index in [1.54, 1.807) is 12.4 Å². The van der Waals surface area contributed by atoms with Gasteiger partial charge in [0.05, 0.1) is 5.69 Å². The van der Waals surface area contributed by atoms with Crippen LogP contribution in [0.2, 0.25) is 0 Å². The molecule has 0 saturated carbocycles. The molecule has 3 aromatic rings. The third-order valence-corrected chi connectivity index (χ3v) is 6.49. The fourth-order valence-corrected chi connectivity index (χ4v) is 4.60. The van der Waals surface area contributed by atoms with E-state index >= 15 is 0 Å². The zero-order valence-electron chi connectivity index (χ0n) is 18.2. The third kappa shape index (κ3) is 4.42. The van der Waals surface area contributed by atoms with E-state index in [1.165, 1.54) is 5.69 Å². The van der Waals surface area contributed by atoms with Gasteiger partial charge in [-0.25, -0.2) is 0 Å². The van der Waals surface area contributed by atoms with Crippen molar-refractivity contribution in [1.29, 1.82) is 0 Å². The number of carbonyl (C=O) groups is 1. The summed E-state index contributed by atoms with van der Waals surface area (Å²) in [6.07, 6.45) is 5.27. The number of aromatic nitrogens is 3. The SMILES string of the molecule is O=C(C1CCN(c2ccc(-c3cccnc3)nn2)CC1)N1CCN(c2ccccc2)CC1. The zero-order valence-corrected chi connectivity index (χ0v) is 18.2. The maximum atomic E-state index is 13.1. The van der Waals surface area contributed by atoms with Crippen LogP contribution in [0.4, 0.5) is 11.5 Å². The highest BCUT2D eigenvalue weighted by Gasteiger charge is 2.31. The normalized spacial score (nSPS) is 17.4. The molecule has 0 atom stereocenters. The highest BCUT2D eigenvalue weighted by molar-refractivity contribution is 5.79. The van der Waals surface area contributed by atoms with Gasteiger partial charge in [0.15, 0.2) is 5.82 Å². The number of benzene rings is 1. The van der Waals surface area contributed by atoms with Gasteiger partial charge in [-0.15, -0.1) is 10.2 Å². The minimum absolute atomic E-state index is 0.108. The van der Waals surface area contributed by atoms with Crippen LogP contribution in [0.3, 0.4) is 0 Å². The van der Waals surface area contributed by atoms with E-state index < -0.39 is 0 Å². The molecule has 164 valence electrons. The largest absolute Gasteiger partial charge is 0.368 e. The molecule has 32 heavy (non-hydrogen) atoms. The maximum absolute atomic E-state index is 13.1. The lowest BCUT2D eigenvalue weighted by atomic mass is 9.95. The van der Waals surface area contributed by atoms with Crippen LogP contribution in [0.5, 0.6) is 0 Å². The Morgan fingerprint density at radius 3 is 2.22 bits per heavy atom. The molecule has 2 aromatic heterocycles. The van der Waals surface area contributed by atoms with Crippen molar-refractivity contribution in [2.45, 2.75) is 12.8 Å². The highest BCUT2D eigenvalue weighted by Crippen LogP contribution is 2.25. The lowest BCUT2D eigenvalue weighted by Gasteiger charge is -2.39. The number of hydrogen-bond donors (Lipinski definition) is 0. The average Bonchev–Trinajstić information content (AvgIpc) is 2.90. The van der Waals surface area contributed by atoms with Crippen LogP contribution in [0.1, 0.15) is 12.8 Å². The molecule has 0 spiro atoms. The van der Waals surface area contributed by atoms with E-state index in [-0.39, 0.29) is 5.92 Å². The summed E-state index contributed by atoms with van der Waals surface area (Å²) < 4.78 is 0. The number of anilines is 2. The smallest absolute Gasteiger partial charge is 0.225 e. The number of piperidine rings is 1. The van der Waals surface area contributed by atoms with Crippen molar-refractivity contribution < 1.29 is 4.79 Å².